The molecule has 0 radical (unpaired) electrons. The van der Waals surface area contributed by atoms with Gasteiger partial charge in [-0.25, -0.2) is 4.79 Å². The Morgan fingerprint density at radius 3 is 2.71 bits per heavy atom. The number of hydrogen-bond donors (Lipinski definition) is 2. The van der Waals surface area contributed by atoms with Gasteiger partial charge in [0.25, 0.3) is 0 Å². The quantitative estimate of drug-likeness (QED) is 0.646. The van der Waals surface area contributed by atoms with E-state index in [9.17, 15) is 9.59 Å². The van der Waals surface area contributed by atoms with Gasteiger partial charge in [0.15, 0.2) is 5.78 Å². The average molecular weight is 258 g/mol. The van der Waals surface area contributed by atoms with E-state index >= 15 is 0 Å². The molecule has 0 unspecified atom stereocenters. The van der Waals surface area contributed by atoms with Crippen LogP contribution in [0.15, 0.2) is 24.3 Å². The maximum absolute atomic E-state index is 11.2. The second-order valence-corrected chi connectivity index (χ2v) is 3.13. The van der Waals surface area contributed by atoms with Gasteiger partial charge >= 0.3 is 6.09 Å². The third-order valence-electron chi connectivity index (χ3n) is 1.56. The highest BCUT2D eigenvalue weighted by Gasteiger charge is 2.05. The van der Waals surface area contributed by atoms with Gasteiger partial charge in [0.2, 0.25) is 0 Å². The summed E-state index contributed by atoms with van der Waals surface area (Å²) >= 11 is 3.04. The number of carboxylic acid groups (broad SMARTS) is 1. The Morgan fingerprint density at radius 1 is 1.43 bits per heavy atom. The zero-order valence-corrected chi connectivity index (χ0v) is 8.74. The van der Waals surface area contributed by atoms with Gasteiger partial charge in [-0.15, -0.1) is 0 Å². The fourth-order valence-electron chi connectivity index (χ4n) is 0.971. The van der Waals surface area contributed by atoms with Crippen molar-refractivity contribution in [3.8, 4) is 0 Å². The molecule has 5 heteroatoms. The Balaban J connectivity index is 2.89. The zero-order chi connectivity index (χ0) is 10.6. The lowest BCUT2D eigenvalue weighted by Gasteiger charge is -2.02. The number of amides is 1. The summed E-state index contributed by atoms with van der Waals surface area (Å²) in [4.78, 5) is 21.5. The molecular weight excluding hydrogens is 250 g/mol. The minimum absolute atomic E-state index is 0.0842. The molecule has 0 atom stereocenters. The number of nitrogens with one attached hydrogen (secondary N) is 1. The van der Waals surface area contributed by atoms with E-state index in [1.807, 2.05) is 0 Å². The Labute approximate surface area is 89.1 Å². The lowest BCUT2D eigenvalue weighted by atomic mass is 10.1. The Bertz CT molecular complexity index is 365. The largest absolute Gasteiger partial charge is 0.465 e. The van der Waals surface area contributed by atoms with E-state index in [4.69, 9.17) is 5.11 Å². The monoisotopic (exact) mass is 257 g/mol. The van der Waals surface area contributed by atoms with Crippen molar-refractivity contribution in [2.45, 2.75) is 0 Å². The highest BCUT2D eigenvalue weighted by atomic mass is 79.9. The highest BCUT2D eigenvalue weighted by Crippen LogP contribution is 2.11. The first kappa shape index (κ1) is 10.7. The molecule has 4 nitrogen and oxygen atoms in total. The third kappa shape index (κ3) is 2.85. The Morgan fingerprint density at radius 2 is 2.14 bits per heavy atom. The molecule has 2 N–H and O–H groups in total. The van der Waals surface area contributed by atoms with Crippen LogP contribution >= 0.6 is 15.9 Å². The van der Waals surface area contributed by atoms with Crippen molar-refractivity contribution in [3.05, 3.63) is 29.8 Å². The Kier molecular flexibility index (Phi) is 3.64. The lowest BCUT2D eigenvalue weighted by Crippen LogP contribution is -2.08. The molecule has 0 saturated heterocycles. The van der Waals surface area contributed by atoms with Crippen LogP contribution in [0.5, 0.6) is 0 Å². The van der Waals surface area contributed by atoms with Crippen LogP contribution in [-0.4, -0.2) is 22.3 Å². The number of ketones is 1. The topological polar surface area (TPSA) is 66.4 Å². The molecule has 1 rings (SSSR count). The maximum Gasteiger partial charge on any atom is 0.409 e. The molecule has 0 aliphatic rings. The number of rotatable bonds is 3. The van der Waals surface area contributed by atoms with Gasteiger partial charge < -0.3 is 5.11 Å². The number of Topliss-reactive ketones (excluding diaryl/α,β-unsaturated/α-hetero) is 1. The van der Waals surface area contributed by atoms with Crippen LogP contribution in [0, 0.1) is 0 Å². The van der Waals surface area contributed by atoms with Crippen molar-refractivity contribution < 1.29 is 14.7 Å². The molecule has 0 saturated carbocycles. The smallest absolute Gasteiger partial charge is 0.409 e. The van der Waals surface area contributed by atoms with E-state index in [0.717, 1.165) is 0 Å². The highest BCUT2D eigenvalue weighted by molar-refractivity contribution is 9.09. The van der Waals surface area contributed by atoms with Gasteiger partial charge in [0.1, 0.15) is 0 Å². The summed E-state index contributed by atoms with van der Waals surface area (Å²) in [5.41, 5.74) is 0.873. The fraction of sp³-hybridized carbons (Fsp3) is 0.111. The van der Waals surface area contributed by atoms with Crippen molar-refractivity contribution in [2.75, 3.05) is 10.6 Å². The molecular formula is C9H8BrNO3. The summed E-state index contributed by atoms with van der Waals surface area (Å²) < 4.78 is 0. The molecule has 0 aliphatic heterocycles. The molecule has 14 heavy (non-hydrogen) atoms. The minimum Gasteiger partial charge on any atom is -0.465 e. The summed E-state index contributed by atoms with van der Waals surface area (Å²) in [6, 6.07) is 6.34. The molecule has 74 valence electrons. The number of anilines is 1. The number of carbonyl (C=O) groups is 2. The van der Waals surface area contributed by atoms with Gasteiger partial charge in [-0.05, 0) is 12.1 Å². The van der Waals surface area contributed by atoms with Crippen molar-refractivity contribution in [1.29, 1.82) is 0 Å². The number of hydrogen-bond acceptors (Lipinski definition) is 2. The molecule has 0 spiro atoms. The zero-order valence-electron chi connectivity index (χ0n) is 7.16. The summed E-state index contributed by atoms with van der Waals surface area (Å²) in [5.74, 6) is -0.0842. The standard InChI is InChI=1S/C9H8BrNO3/c10-5-8(12)6-2-1-3-7(4-6)11-9(13)14/h1-4,11H,5H2,(H,13,14). The predicted molar refractivity (Wildman–Crippen MR) is 56.2 cm³/mol. The molecule has 0 aliphatic carbocycles. The van der Waals surface area contributed by atoms with Gasteiger partial charge in [0.05, 0.1) is 5.33 Å². The van der Waals surface area contributed by atoms with Crippen LogP contribution in [0.4, 0.5) is 10.5 Å². The van der Waals surface area contributed by atoms with E-state index in [2.05, 4.69) is 21.2 Å². The second-order valence-electron chi connectivity index (χ2n) is 2.57. The lowest BCUT2D eigenvalue weighted by molar-refractivity contribution is 0.102. The van der Waals surface area contributed by atoms with Crippen molar-refractivity contribution in [2.24, 2.45) is 0 Å². The van der Waals surface area contributed by atoms with E-state index in [1.54, 1.807) is 18.2 Å². The van der Waals surface area contributed by atoms with Crippen LogP contribution < -0.4 is 5.32 Å². The van der Waals surface area contributed by atoms with Crippen molar-refractivity contribution in [3.63, 3.8) is 0 Å². The molecule has 1 aromatic rings. The molecule has 0 aromatic heterocycles. The third-order valence-corrected chi connectivity index (χ3v) is 2.07. The molecule has 0 bridgehead atoms. The van der Waals surface area contributed by atoms with Gasteiger partial charge in [0, 0.05) is 11.3 Å². The first-order chi connectivity index (χ1) is 6.63. The summed E-state index contributed by atoms with van der Waals surface area (Å²) in [7, 11) is 0. The number of halogens is 1. The molecule has 1 amide bonds. The van der Waals surface area contributed by atoms with Gasteiger partial charge in [-0.2, -0.15) is 0 Å². The average Bonchev–Trinajstić information content (AvgIpc) is 2.16. The maximum atomic E-state index is 11.2. The van der Waals surface area contributed by atoms with Crippen LogP contribution in [0.3, 0.4) is 0 Å². The first-order valence-electron chi connectivity index (χ1n) is 3.82. The van der Waals surface area contributed by atoms with Crippen LogP contribution in [-0.2, 0) is 0 Å². The van der Waals surface area contributed by atoms with Gasteiger partial charge in [-0.3, -0.25) is 10.1 Å². The van der Waals surface area contributed by atoms with E-state index in [1.165, 1.54) is 6.07 Å². The van der Waals surface area contributed by atoms with E-state index in [0.29, 0.717) is 11.3 Å². The molecule has 0 heterocycles. The summed E-state index contributed by atoms with van der Waals surface area (Å²) in [6.07, 6.45) is -1.14. The van der Waals surface area contributed by atoms with Crippen LogP contribution in [0.2, 0.25) is 0 Å². The van der Waals surface area contributed by atoms with Crippen LogP contribution in [0.1, 0.15) is 10.4 Å². The SMILES string of the molecule is O=C(O)Nc1cccc(C(=O)CBr)c1. The molecule has 0 fully saturated rings. The number of carbonyl (C=O) groups excluding carboxylic acids is 1. The summed E-state index contributed by atoms with van der Waals surface area (Å²) in [6.45, 7) is 0. The van der Waals surface area contributed by atoms with Crippen molar-refractivity contribution >= 4 is 33.5 Å². The van der Waals surface area contributed by atoms with Crippen molar-refractivity contribution in [1.82, 2.24) is 0 Å². The normalized spacial score (nSPS) is 9.50. The number of alkyl halides is 1. The van der Waals surface area contributed by atoms with Crippen LogP contribution in [0.25, 0.3) is 0 Å². The number of benzene rings is 1. The predicted octanol–water partition coefficient (Wildman–Crippen LogP) is 2.35. The van der Waals surface area contributed by atoms with E-state index in [-0.39, 0.29) is 11.1 Å². The second kappa shape index (κ2) is 4.76. The molecule has 1 aromatic carbocycles. The fourth-order valence-corrected chi connectivity index (χ4v) is 1.29. The summed E-state index contributed by atoms with van der Waals surface area (Å²) in [5, 5.41) is 10.8. The van der Waals surface area contributed by atoms with E-state index < -0.39 is 6.09 Å². The first-order valence-corrected chi connectivity index (χ1v) is 4.95. The van der Waals surface area contributed by atoms with Gasteiger partial charge in [-0.1, -0.05) is 28.1 Å². The Hall–Kier alpha value is -1.36. The minimum atomic E-state index is -1.14.